The number of rotatable bonds is 8. The minimum Gasteiger partial charge on any atom is -0.376 e. The van der Waals surface area contributed by atoms with Gasteiger partial charge in [0.05, 0.1) is 40.0 Å². The Hall–Kier alpha value is -3.28. The zero-order valence-electron chi connectivity index (χ0n) is 20.7. The van der Waals surface area contributed by atoms with Gasteiger partial charge in [0.1, 0.15) is 5.41 Å². The summed E-state index contributed by atoms with van der Waals surface area (Å²) >= 11 is 2.89. The molecule has 5 rings (SSSR count). The SMILES string of the molecule is Cc1nc(C)c(-c2csc(NC(=O)C3(COCc4ccccc4)CN(c4ccc(C(F)(F)F)cc4)C3)n2)s1. The summed E-state index contributed by atoms with van der Waals surface area (Å²) in [5, 5.41) is 6.27. The molecule has 0 radical (unpaired) electrons. The molecule has 1 amide bonds. The summed E-state index contributed by atoms with van der Waals surface area (Å²) in [6.45, 7) is 5.00. The number of aryl methyl sites for hydroxylation is 2. The maximum absolute atomic E-state index is 13.5. The van der Waals surface area contributed by atoms with E-state index in [9.17, 15) is 18.0 Å². The van der Waals surface area contributed by atoms with Crippen LogP contribution in [0.25, 0.3) is 10.6 Å². The highest BCUT2D eigenvalue weighted by molar-refractivity contribution is 7.16. The lowest BCUT2D eigenvalue weighted by atomic mass is 9.79. The molecule has 0 aliphatic carbocycles. The molecule has 0 unspecified atom stereocenters. The summed E-state index contributed by atoms with van der Waals surface area (Å²) in [7, 11) is 0. The molecule has 0 bridgehead atoms. The number of nitrogens with zero attached hydrogens (tertiary/aromatic N) is 3. The Kier molecular flexibility index (Phi) is 7.26. The molecule has 0 saturated carbocycles. The lowest BCUT2D eigenvalue weighted by molar-refractivity contribution is -0.137. The number of carbonyl (C=O) groups excluding carboxylic acids is 1. The van der Waals surface area contributed by atoms with Crippen LogP contribution < -0.4 is 10.2 Å². The molecule has 198 valence electrons. The van der Waals surface area contributed by atoms with Gasteiger partial charge in [0, 0.05) is 24.2 Å². The fourth-order valence-corrected chi connectivity index (χ4v) is 6.05. The Morgan fingerprint density at radius 2 is 1.79 bits per heavy atom. The number of benzene rings is 2. The number of aromatic nitrogens is 2. The minimum absolute atomic E-state index is 0.163. The van der Waals surface area contributed by atoms with E-state index >= 15 is 0 Å². The topological polar surface area (TPSA) is 67.3 Å². The van der Waals surface area contributed by atoms with Crippen LogP contribution in [0.2, 0.25) is 0 Å². The second-order valence-electron chi connectivity index (χ2n) is 9.30. The number of nitrogens with one attached hydrogen (secondary N) is 1. The standard InChI is InChI=1S/C27H25F3N4O2S2/c1-17-23(38-18(2)31-17)22-13-37-25(32-22)33-24(35)26(16-36-12-19-6-4-3-5-7-19)14-34(15-26)21-10-8-20(9-11-21)27(28,29)30/h3-11,13H,12,14-16H2,1-2H3,(H,32,33,35). The number of amides is 1. The Bertz CT molecular complexity index is 1410. The molecule has 4 aromatic rings. The molecule has 1 fully saturated rings. The van der Waals surface area contributed by atoms with E-state index < -0.39 is 17.2 Å². The van der Waals surface area contributed by atoms with Crippen LogP contribution in [0, 0.1) is 19.3 Å². The molecule has 38 heavy (non-hydrogen) atoms. The van der Waals surface area contributed by atoms with E-state index in [2.05, 4.69) is 15.3 Å². The summed E-state index contributed by atoms with van der Waals surface area (Å²) in [5.74, 6) is -0.230. The van der Waals surface area contributed by atoms with Gasteiger partial charge in [-0.05, 0) is 43.7 Å². The van der Waals surface area contributed by atoms with Crippen molar-refractivity contribution < 1.29 is 22.7 Å². The first kappa shape index (κ1) is 26.3. The Balaban J connectivity index is 1.30. The van der Waals surface area contributed by atoms with Gasteiger partial charge < -0.3 is 15.0 Å². The van der Waals surface area contributed by atoms with Gasteiger partial charge in [-0.3, -0.25) is 4.79 Å². The molecule has 1 saturated heterocycles. The van der Waals surface area contributed by atoms with Crippen molar-refractivity contribution in [2.75, 3.05) is 29.9 Å². The molecule has 1 N–H and O–H groups in total. The van der Waals surface area contributed by atoms with Gasteiger partial charge >= 0.3 is 6.18 Å². The van der Waals surface area contributed by atoms with E-state index in [0.29, 0.717) is 30.5 Å². The quantitative estimate of drug-likeness (QED) is 0.265. The zero-order valence-corrected chi connectivity index (χ0v) is 22.3. The number of carbonyl (C=O) groups is 1. The van der Waals surface area contributed by atoms with Gasteiger partial charge in [-0.25, -0.2) is 9.97 Å². The Labute approximate surface area is 226 Å². The van der Waals surface area contributed by atoms with Crippen molar-refractivity contribution in [1.29, 1.82) is 0 Å². The molecule has 3 heterocycles. The van der Waals surface area contributed by atoms with Crippen molar-refractivity contribution >= 4 is 39.4 Å². The van der Waals surface area contributed by atoms with Crippen LogP contribution in [0.4, 0.5) is 24.0 Å². The lowest BCUT2D eigenvalue weighted by Gasteiger charge is -2.49. The molecule has 6 nitrogen and oxygen atoms in total. The monoisotopic (exact) mass is 558 g/mol. The van der Waals surface area contributed by atoms with Gasteiger partial charge in [0.15, 0.2) is 5.13 Å². The first-order valence-corrected chi connectivity index (χ1v) is 13.6. The molecule has 1 aliphatic rings. The molecule has 0 atom stereocenters. The predicted molar refractivity (Wildman–Crippen MR) is 144 cm³/mol. The normalized spacial score (nSPS) is 14.8. The second-order valence-corrected chi connectivity index (χ2v) is 11.4. The van der Waals surface area contributed by atoms with Gasteiger partial charge in [0.2, 0.25) is 5.91 Å². The third-order valence-electron chi connectivity index (χ3n) is 6.38. The number of halogens is 3. The molecule has 1 aliphatic heterocycles. The van der Waals surface area contributed by atoms with Gasteiger partial charge in [-0.1, -0.05) is 30.3 Å². The van der Waals surface area contributed by atoms with Crippen LogP contribution >= 0.6 is 22.7 Å². The highest BCUT2D eigenvalue weighted by atomic mass is 32.1. The van der Waals surface area contributed by atoms with E-state index in [4.69, 9.17) is 4.74 Å². The fourth-order valence-electron chi connectivity index (χ4n) is 4.40. The predicted octanol–water partition coefficient (Wildman–Crippen LogP) is 6.56. The number of hydrogen-bond donors (Lipinski definition) is 1. The molecule has 0 spiro atoms. The van der Waals surface area contributed by atoms with Crippen LogP contribution in [0.3, 0.4) is 0 Å². The smallest absolute Gasteiger partial charge is 0.376 e. The molecule has 2 aromatic carbocycles. The largest absolute Gasteiger partial charge is 0.416 e. The van der Waals surface area contributed by atoms with Crippen LogP contribution in [0.15, 0.2) is 60.0 Å². The highest BCUT2D eigenvalue weighted by Gasteiger charge is 2.50. The summed E-state index contributed by atoms with van der Waals surface area (Å²) in [5.41, 5.74) is 1.69. The number of ether oxygens (including phenoxy) is 1. The van der Waals surface area contributed by atoms with Crippen molar-refractivity contribution in [3.05, 3.63) is 81.8 Å². The van der Waals surface area contributed by atoms with Crippen LogP contribution in [-0.2, 0) is 22.3 Å². The van der Waals surface area contributed by atoms with E-state index in [1.807, 2.05) is 54.5 Å². The third kappa shape index (κ3) is 5.59. The van der Waals surface area contributed by atoms with E-state index in [-0.39, 0.29) is 12.5 Å². The number of thiazole rings is 2. The summed E-state index contributed by atoms with van der Waals surface area (Å²) in [6, 6.07) is 14.6. The second kappa shape index (κ2) is 10.5. The van der Waals surface area contributed by atoms with Gasteiger partial charge in [-0.2, -0.15) is 13.2 Å². The minimum atomic E-state index is -4.40. The maximum Gasteiger partial charge on any atom is 0.416 e. The van der Waals surface area contributed by atoms with Crippen LogP contribution in [-0.4, -0.2) is 35.6 Å². The zero-order chi connectivity index (χ0) is 26.9. The summed E-state index contributed by atoms with van der Waals surface area (Å²) in [6.07, 6.45) is -4.40. The molecular weight excluding hydrogens is 533 g/mol. The first-order valence-electron chi connectivity index (χ1n) is 11.9. The Morgan fingerprint density at radius 1 is 1.08 bits per heavy atom. The lowest BCUT2D eigenvalue weighted by Crippen LogP contribution is -2.64. The van der Waals surface area contributed by atoms with Crippen molar-refractivity contribution in [3.8, 4) is 10.6 Å². The van der Waals surface area contributed by atoms with Crippen molar-refractivity contribution in [3.63, 3.8) is 0 Å². The van der Waals surface area contributed by atoms with Crippen molar-refractivity contribution in [1.82, 2.24) is 9.97 Å². The Morgan fingerprint density at radius 3 is 2.42 bits per heavy atom. The van der Waals surface area contributed by atoms with E-state index in [0.717, 1.165) is 39.0 Å². The third-order valence-corrected chi connectivity index (χ3v) is 8.23. The van der Waals surface area contributed by atoms with Crippen molar-refractivity contribution in [2.24, 2.45) is 5.41 Å². The first-order chi connectivity index (χ1) is 18.1. The van der Waals surface area contributed by atoms with Crippen LogP contribution in [0.5, 0.6) is 0 Å². The average molecular weight is 559 g/mol. The highest BCUT2D eigenvalue weighted by Crippen LogP contribution is 2.39. The summed E-state index contributed by atoms with van der Waals surface area (Å²) in [4.78, 5) is 25.4. The molecular formula is C27H25F3N4O2S2. The van der Waals surface area contributed by atoms with Gasteiger partial charge in [-0.15, -0.1) is 22.7 Å². The van der Waals surface area contributed by atoms with E-state index in [1.54, 1.807) is 11.3 Å². The van der Waals surface area contributed by atoms with E-state index in [1.165, 1.54) is 23.5 Å². The number of alkyl halides is 3. The maximum atomic E-state index is 13.5. The number of hydrogen-bond acceptors (Lipinski definition) is 7. The van der Waals surface area contributed by atoms with Gasteiger partial charge in [0.25, 0.3) is 0 Å². The molecule has 2 aromatic heterocycles. The van der Waals surface area contributed by atoms with Crippen LogP contribution in [0.1, 0.15) is 21.8 Å². The fraction of sp³-hybridized carbons (Fsp3) is 0.296. The number of anilines is 2. The average Bonchev–Trinajstić information content (AvgIpc) is 3.45. The summed E-state index contributed by atoms with van der Waals surface area (Å²) < 4.78 is 44.9. The molecule has 11 heteroatoms. The van der Waals surface area contributed by atoms with Crippen molar-refractivity contribution in [2.45, 2.75) is 26.6 Å².